The molecule has 0 saturated carbocycles. The van der Waals surface area contributed by atoms with Crippen molar-refractivity contribution in [2.24, 2.45) is 0 Å². The van der Waals surface area contributed by atoms with Gasteiger partial charge in [0, 0.05) is 0 Å². The Kier molecular flexibility index (Phi) is 2.71. The van der Waals surface area contributed by atoms with Crippen molar-refractivity contribution >= 4 is 11.4 Å². The molecule has 0 aromatic carbocycles. The van der Waals surface area contributed by atoms with E-state index in [1.165, 1.54) is 0 Å². The third kappa shape index (κ3) is 2.09. The molecule has 1 aromatic heterocycles. The lowest BCUT2D eigenvalue weighted by Crippen LogP contribution is -1.95. The van der Waals surface area contributed by atoms with Crippen molar-refractivity contribution in [3.8, 4) is 12.3 Å². The summed E-state index contributed by atoms with van der Waals surface area (Å²) < 4.78 is 0. The van der Waals surface area contributed by atoms with Crippen LogP contribution in [0.25, 0.3) is 5.57 Å². The van der Waals surface area contributed by atoms with Crippen LogP contribution in [0.15, 0.2) is 18.7 Å². The van der Waals surface area contributed by atoms with Crippen LogP contribution in [-0.4, -0.2) is 4.98 Å². The lowest BCUT2D eigenvalue weighted by molar-refractivity contribution is 1.22. The molecule has 1 aromatic rings. The zero-order chi connectivity index (χ0) is 9.84. The second-order valence-electron chi connectivity index (χ2n) is 2.77. The fourth-order valence-electron chi connectivity index (χ4n) is 1.03. The Hall–Kier alpha value is -1.75. The van der Waals surface area contributed by atoms with E-state index >= 15 is 0 Å². The first-order chi connectivity index (χ1) is 6.17. The first-order valence-electron chi connectivity index (χ1n) is 4.09. The van der Waals surface area contributed by atoms with Crippen LogP contribution in [0, 0.1) is 12.3 Å². The zero-order valence-corrected chi connectivity index (χ0v) is 7.67. The van der Waals surface area contributed by atoms with Gasteiger partial charge in [-0.1, -0.05) is 19.4 Å². The average molecular weight is 172 g/mol. The van der Waals surface area contributed by atoms with Gasteiger partial charge >= 0.3 is 0 Å². The van der Waals surface area contributed by atoms with E-state index in [2.05, 4.69) is 17.5 Å². The first-order valence-corrected chi connectivity index (χ1v) is 4.09. The van der Waals surface area contributed by atoms with Crippen LogP contribution in [0.1, 0.15) is 24.6 Å². The molecule has 1 rings (SSSR count). The van der Waals surface area contributed by atoms with Crippen LogP contribution in [0.5, 0.6) is 0 Å². The highest BCUT2D eigenvalue weighted by Crippen LogP contribution is 2.17. The predicted octanol–water partition coefficient (Wildman–Crippen LogP) is 2.07. The molecule has 2 N–H and O–H groups in total. The normalized spacial score (nSPS) is 9.23. The van der Waals surface area contributed by atoms with Crippen molar-refractivity contribution in [3.05, 3.63) is 30.0 Å². The van der Waals surface area contributed by atoms with Crippen LogP contribution < -0.4 is 5.73 Å². The van der Waals surface area contributed by atoms with Crippen LogP contribution in [0.3, 0.4) is 0 Å². The number of rotatable bonds is 2. The van der Waals surface area contributed by atoms with Gasteiger partial charge in [0.2, 0.25) is 0 Å². The Morgan fingerprint density at radius 3 is 2.92 bits per heavy atom. The quantitative estimate of drug-likeness (QED) is 0.693. The van der Waals surface area contributed by atoms with Crippen molar-refractivity contribution < 1.29 is 0 Å². The minimum Gasteiger partial charge on any atom is -0.384 e. The summed E-state index contributed by atoms with van der Waals surface area (Å²) in [6.45, 7) is 5.94. The van der Waals surface area contributed by atoms with Gasteiger partial charge in [0.15, 0.2) is 0 Å². The van der Waals surface area contributed by atoms with E-state index in [1.54, 1.807) is 6.07 Å². The molecule has 0 aliphatic heterocycles. The number of hydrogen-bond acceptors (Lipinski definition) is 2. The fraction of sp³-hybridized carbons (Fsp3) is 0.182. The molecule has 0 aliphatic carbocycles. The summed E-state index contributed by atoms with van der Waals surface area (Å²) in [5.74, 6) is 2.90. The van der Waals surface area contributed by atoms with E-state index in [4.69, 9.17) is 12.2 Å². The number of nitrogen functional groups attached to an aromatic ring is 1. The van der Waals surface area contributed by atoms with Crippen molar-refractivity contribution in [1.29, 1.82) is 0 Å². The molecule has 0 unspecified atom stereocenters. The lowest BCUT2D eigenvalue weighted by Gasteiger charge is -2.04. The van der Waals surface area contributed by atoms with Crippen LogP contribution in [0.2, 0.25) is 0 Å². The maximum Gasteiger partial charge on any atom is 0.125 e. The summed E-state index contributed by atoms with van der Waals surface area (Å²) in [4.78, 5) is 3.97. The topological polar surface area (TPSA) is 38.9 Å². The number of terminal acetylenes is 1. The predicted molar refractivity (Wildman–Crippen MR) is 55.9 cm³/mol. The Labute approximate surface area is 78.5 Å². The molecule has 0 fully saturated rings. The van der Waals surface area contributed by atoms with E-state index in [0.29, 0.717) is 11.5 Å². The fourth-order valence-corrected chi connectivity index (χ4v) is 1.03. The highest BCUT2D eigenvalue weighted by atomic mass is 14.8. The summed E-state index contributed by atoms with van der Waals surface area (Å²) in [5.41, 5.74) is 8.13. The number of nitrogens with two attached hydrogens (primary N) is 1. The van der Waals surface area contributed by atoms with Gasteiger partial charge in [0.05, 0.1) is 0 Å². The lowest BCUT2D eigenvalue weighted by atomic mass is 10.1. The molecule has 0 bridgehead atoms. The summed E-state index contributed by atoms with van der Waals surface area (Å²) in [6.07, 6.45) is 6.11. The van der Waals surface area contributed by atoms with Gasteiger partial charge < -0.3 is 5.73 Å². The van der Waals surface area contributed by atoms with Gasteiger partial charge in [-0.25, -0.2) is 4.98 Å². The van der Waals surface area contributed by atoms with Gasteiger partial charge in [-0.2, -0.15) is 0 Å². The molecule has 0 atom stereocenters. The minimum absolute atomic E-state index is 0.444. The molecule has 0 aliphatic rings. The largest absolute Gasteiger partial charge is 0.384 e. The summed E-state index contributed by atoms with van der Waals surface area (Å²) in [6, 6.07) is 3.61. The van der Waals surface area contributed by atoms with Gasteiger partial charge in [0.1, 0.15) is 11.5 Å². The van der Waals surface area contributed by atoms with E-state index in [-0.39, 0.29) is 0 Å². The van der Waals surface area contributed by atoms with Crippen LogP contribution in [0.4, 0.5) is 5.82 Å². The van der Waals surface area contributed by atoms with E-state index in [9.17, 15) is 0 Å². The van der Waals surface area contributed by atoms with E-state index in [1.807, 2.05) is 13.0 Å². The first kappa shape index (κ1) is 9.34. The average Bonchev–Trinajstić information content (AvgIpc) is 2.15. The molecule has 13 heavy (non-hydrogen) atoms. The van der Waals surface area contributed by atoms with Crippen molar-refractivity contribution in [1.82, 2.24) is 4.98 Å². The maximum absolute atomic E-state index is 5.58. The number of pyridine rings is 1. The Morgan fingerprint density at radius 2 is 2.38 bits per heavy atom. The van der Waals surface area contributed by atoms with Crippen LogP contribution in [-0.2, 0) is 0 Å². The second kappa shape index (κ2) is 3.77. The van der Waals surface area contributed by atoms with Crippen molar-refractivity contribution in [2.45, 2.75) is 13.3 Å². The molecule has 2 heteroatoms. The van der Waals surface area contributed by atoms with Gasteiger partial charge in [-0.3, -0.25) is 0 Å². The maximum atomic E-state index is 5.58. The highest BCUT2D eigenvalue weighted by molar-refractivity contribution is 5.66. The molecular weight excluding hydrogens is 160 g/mol. The van der Waals surface area contributed by atoms with E-state index in [0.717, 1.165) is 17.6 Å². The highest BCUT2D eigenvalue weighted by Gasteiger charge is 2.00. The molecular formula is C11H12N2. The number of hydrogen-bond donors (Lipinski definition) is 1. The number of anilines is 1. The molecule has 1 heterocycles. The smallest absolute Gasteiger partial charge is 0.125 e. The molecule has 0 saturated heterocycles. The van der Waals surface area contributed by atoms with E-state index < -0.39 is 0 Å². The number of nitrogens with zero attached hydrogens (tertiary/aromatic N) is 1. The van der Waals surface area contributed by atoms with Crippen molar-refractivity contribution in [2.75, 3.05) is 5.73 Å². The minimum atomic E-state index is 0.444. The summed E-state index contributed by atoms with van der Waals surface area (Å²) >= 11 is 0. The summed E-state index contributed by atoms with van der Waals surface area (Å²) in [7, 11) is 0. The molecule has 0 amide bonds. The molecule has 2 nitrogen and oxygen atoms in total. The number of allylic oxidation sites excluding steroid dienone is 1. The number of aromatic nitrogens is 1. The molecule has 66 valence electrons. The second-order valence-corrected chi connectivity index (χ2v) is 2.77. The standard InChI is InChI=1S/C11H12N2/c1-4-8(3)9-6-10(5-2)13-11(12)7-9/h2,6-7H,3-4H2,1H3,(H2,12,13). The van der Waals surface area contributed by atoms with Crippen molar-refractivity contribution in [3.63, 3.8) is 0 Å². The van der Waals surface area contributed by atoms with Crippen LogP contribution >= 0.6 is 0 Å². The monoisotopic (exact) mass is 172 g/mol. The Morgan fingerprint density at radius 1 is 1.69 bits per heavy atom. The third-order valence-electron chi connectivity index (χ3n) is 1.83. The van der Waals surface area contributed by atoms with Gasteiger partial charge in [0.25, 0.3) is 0 Å². The van der Waals surface area contributed by atoms with Gasteiger partial charge in [-0.15, -0.1) is 6.42 Å². The Bertz CT molecular complexity index is 372. The SMILES string of the molecule is C#Cc1cc(C(=C)CC)cc(N)n1. The molecule has 0 spiro atoms. The molecule has 0 radical (unpaired) electrons. The summed E-state index contributed by atoms with van der Waals surface area (Å²) in [5, 5.41) is 0. The van der Waals surface area contributed by atoms with Gasteiger partial charge in [-0.05, 0) is 29.7 Å². The third-order valence-corrected chi connectivity index (χ3v) is 1.83. The Balaban J connectivity index is 3.17. The zero-order valence-electron chi connectivity index (χ0n) is 7.67.